The molecule has 3 aromatic rings. The summed E-state index contributed by atoms with van der Waals surface area (Å²) in [5.74, 6) is -0.205. The van der Waals surface area contributed by atoms with E-state index in [4.69, 9.17) is 4.74 Å². The van der Waals surface area contributed by atoms with Crippen molar-refractivity contribution in [2.24, 2.45) is 0 Å². The van der Waals surface area contributed by atoms with Crippen molar-refractivity contribution < 1.29 is 27.2 Å². The fourth-order valence-corrected chi connectivity index (χ4v) is 3.72. The van der Waals surface area contributed by atoms with Gasteiger partial charge in [0.05, 0.1) is 23.0 Å². The summed E-state index contributed by atoms with van der Waals surface area (Å²) in [5, 5.41) is 3.76. The molecule has 0 spiro atoms. The lowest BCUT2D eigenvalue weighted by Gasteiger charge is -2.31. The van der Waals surface area contributed by atoms with Gasteiger partial charge in [0.25, 0.3) is 7.41 Å². The number of aromatic nitrogens is 3. The van der Waals surface area contributed by atoms with Gasteiger partial charge >= 0.3 is 11.9 Å². The Hall–Kier alpha value is -3.41. The van der Waals surface area contributed by atoms with E-state index in [1.807, 2.05) is 4.81 Å². The van der Waals surface area contributed by atoms with Crippen molar-refractivity contribution in [3.05, 3.63) is 63.9 Å². The summed E-state index contributed by atoms with van der Waals surface area (Å²) in [6.45, 7) is 1.31. The number of pyridine rings is 1. The van der Waals surface area contributed by atoms with E-state index in [2.05, 4.69) is 19.6 Å². The standard InChI is InChI=1S/C21H19BF3N4O4/c23-21(24,25)14-3-1-13(2-4-14)11-16-18(19-27-20(31)33-28-19)17(5-8-26-16)32-15-6-9-29(10-7-15)22-12-30/h1-5,8,12,15H,6-7,9-11H2,(H,27,28,31). The summed E-state index contributed by atoms with van der Waals surface area (Å²) in [7, 11) is 1.50. The Labute approximate surface area is 187 Å². The predicted octanol–water partition coefficient (Wildman–Crippen LogP) is 2.69. The fourth-order valence-electron chi connectivity index (χ4n) is 3.72. The number of rotatable bonds is 7. The quantitative estimate of drug-likeness (QED) is 0.428. The van der Waals surface area contributed by atoms with Crippen molar-refractivity contribution in [2.45, 2.75) is 31.5 Å². The fraction of sp³-hybridized carbons (Fsp3) is 0.333. The van der Waals surface area contributed by atoms with Crippen LogP contribution in [0.25, 0.3) is 11.4 Å². The van der Waals surface area contributed by atoms with Crippen molar-refractivity contribution in [3.63, 3.8) is 0 Å². The Morgan fingerprint density at radius 2 is 1.94 bits per heavy atom. The summed E-state index contributed by atoms with van der Waals surface area (Å²) < 4.78 is 49.5. The summed E-state index contributed by atoms with van der Waals surface area (Å²) in [6, 6.07) is 6.43. The third-order valence-electron chi connectivity index (χ3n) is 5.36. The Morgan fingerprint density at radius 1 is 1.21 bits per heavy atom. The van der Waals surface area contributed by atoms with Crippen molar-refractivity contribution in [1.82, 2.24) is 19.9 Å². The van der Waals surface area contributed by atoms with E-state index in [0.29, 0.717) is 48.5 Å². The van der Waals surface area contributed by atoms with Crippen LogP contribution in [0.1, 0.15) is 29.7 Å². The molecule has 12 heteroatoms. The smallest absolute Gasteiger partial charge is 0.439 e. The molecule has 2 aromatic heterocycles. The van der Waals surface area contributed by atoms with Crippen LogP contribution in [-0.2, 0) is 17.4 Å². The highest BCUT2D eigenvalue weighted by atomic mass is 19.4. The number of carbonyl (C=O) groups is 1. The van der Waals surface area contributed by atoms with Gasteiger partial charge in [-0.2, -0.15) is 13.2 Å². The molecule has 1 aromatic carbocycles. The van der Waals surface area contributed by atoms with Gasteiger partial charge < -0.3 is 14.3 Å². The van der Waals surface area contributed by atoms with Crippen molar-refractivity contribution in [3.8, 4) is 17.1 Å². The summed E-state index contributed by atoms with van der Waals surface area (Å²) >= 11 is 0. The van der Waals surface area contributed by atoms with E-state index in [1.165, 1.54) is 25.7 Å². The van der Waals surface area contributed by atoms with Crippen LogP contribution in [0.15, 0.2) is 45.8 Å². The van der Waals surface area contributed by atoms with Crippen LogP contribution in [0.4, 0.5) is 13.2 Å². The van der Waals surface area contributed by atoms with Gasteiger partial charge in [-0.15, -0.1) is 0 Å². The van der Waals surface area contributed by atoms with E-state index in [1.54, 1.807) is 6.07 Å². The first kappa shape index (κ1) is 22.8. The first-order chi connectivity index (χ1) is 15.8. The highest BCUT2D eigenvalue weighted by Crippen LogP contribution is 2.34. The Morgan fingerprint density at radius 3 is 2.55 bits per heavy atom. The first-order valence-corrected chi connectivity index (χ1v) is 10.2. The van der Waals surface area contributed by atoms with E-state index >= 15 is 0 Å². The van der Waals surface area contributed by atoms with Gasteiger partial charge in [0, 0.05) is 12.6 Å². The average molecular weight is 459 g/mol. The van der Waals surface area contributed by atoms with Gasteiger partial charge in [0.2, 0.25) is 0 Å². The van der Waals surface area contributed by atoms with Crippen LogP contribution in [0.5, 0.6) is 5.75 Å². The molecular weight excluding hydrogens is 440 g/mol. The number of nitrogens with zero attached hydrogens (tertiary/aromatic N) is 3. The summed E-state index contributed by atoms with van der Waals surface area (Å²) in [6.07, 6.45) is -0.741. The molecule has 0 aliphatic carbocycles. The summed E-state index contributed by atoms with van der Waals surface area (Å²) in [4.78, 5) is 31.0. The van der Waals surface area contributed by atoms with Crippen molar-refractivity contribution in [2.75, 3.05) is 13.1 Å². The molecule has 33 heavy (non-hydrogen) atoms. The number of nitrogens with one attached hydrogen (secondary N) is 1. The minimum atomic E-state index is -4.42. The number of carbonyl (C=O) groups excluding carboxylic acids is 1. The summed E-state index contributed by atoms with van der Waals surface area (Å²) in [5.41, 5.74) is 0.724. The normalized spacial score (nSPS) is 15.4. The second-order valence-corrected chi connectivity index (χ2v) is 7.58. The SMILES string of the molecule is O=C[B]N1CCC(Oc2ccnc(Cc3ccc(C(F)(F)F)cc3)c2-c2noc(=O)[nH]2)CC1. The van der Waals surface area contributed by atoms with Crippen LogP contribution < -0.4 is 10.5 Å². The lowest BCUT2D eigenvalue weighted by molar-refractivity contribution is -0.137. The van der Waals surface area contributed by atoms with Crippen LogP contribution in [0.3, 0.4) is 0 Å². The highest BCUT2D eigenvalue weighted by molar-refractivity contribution is 6.64. The van der Waals surface area contributed by atoms with Gasteiger partial charge in [-0.25, -0.2) is 4.79 Å². The molecule has 1 saturated heterocycles. The predicted molar refractivity (Wildman–Crippen MR) is 112 cm³/mol. The topological polar surface area (TPSA) is 101 Å². The van der Waals surface area contributed by atoms with Gasteiger partial charge in [-0.05, 0) is 49.7 Å². The molecule has 1 aliphatic rings. The van der Waals surface area contributed by atoms with Gasteiger partial charge in [-0.1, -0.05) is 17.3 Å². The van der Waals surface area contributed by atoms with Crippen LogP contribution in [-0.4, -0.2) is 52.7 Å². The maximum atomic E-state index is 12.9. The zero-order valence-corrected chi connectivity index (χ0v) is 17.3. The maximum absolute atomic E-state index is 12.9. The van der Waals surface area contributed by atoms with E-state index in [-0.39, 0.29) is 18.3 Å². The largest absolute Gasteiger partial charge is 0.489 e. The van der Waals surface area contributed by atoms with Gasteiger partial charge in [0.1, 0.15) is 11.9 Å². The molecule has 0 unspecified atom stereocenters. The number of hydrogen-bond acceptors (Lipinski definition) is 7. The maximum Gasteiger partial charge on any atom is 0.439 e. The number of alkyl halides is 3. The average Bonchev–Trinajstić information content (AvgIpc) is 3.21. The molecule has 1 N–H and O–H groups in total. The molecule has 171 valence electrons. The van der Waals surface area contributed by atoms with E-state index in [9.17, 15) is 22.8 Å². The second-order valence-electron chi connectivity index (χ2n) is 7.58. The van der Waals surface area contributed by atoms with Crippen LogP contribution in [0, 0.1) is 0 Å². The molecule has 3 heterocycles. The number of benzene rings is 1. The van der Waals surface area contributed by atoms with Gasteiger partial charge in [-0.3, -0.25) is 14.5 Å². The molecule has 4 rings (SSSR count). The number of aromatic amines is 1. The monoisotopic (exact) mass is 459 g/mol. The number of halogens is 3. The number of H-pyrrole nitrogens is 1. The minimum Gasteiger partial charge on any atom is -0.489 e. The third kappa shape index (κ3) is 5.51. The molecule has 0 saturated carbocycles. The Kier molecular flexibility index (Phi) is 6.63. The van der Waals surface area contributed by atoms with E-state index < -0.39 is 17.5 Å². The molecule has 0 amide bonds. The number of piperidine rings is 1. The number of ether oxygens (including phenoxy) is 1. The molecule has 0 bridgehead atoms. The molecular formula is C21H19BF3N4O4. The van der Waals surface area contributed by atoms with Crippen molar-refractivity contribution >= 4 is 13.6 Å². The second kappa shape index (κ2) is 9.61. The first-order valence-electron chi connectivity index (χ1n) is 10.2. The Bertz CT molecular complexity index is 1160. The molecule has 1 radical (unpaired) electrons. The van der Waals surface area contributed by atoms with E-state index in [0.717, 1.165) is 18.3 Å². The van der Waals surface area contributed by atoms with Crippen molar-refractivity contribution in [1.29, 1.82) is 0 Å². The minimum absolute atomic E-state index is 0.122. The lowest BCUT2D eigenvalue weighted by atomic mass is 9.90. The highest BCUT2D eigenvalue weighted by Gasteiger charge is 2.30. The van der Waals surface area contributed by atoms with Crippen LogP contribution in [0.2, 0.25) is 0 Å². The van der Waals surface area contributed by atoms with Gasteiger partial charge in [0.15, 0.2) is 5.82 Å². The molecule has 8 nitrogen and oxygen atoms in total. The molecule has 0 atom stereocenters. The third-order valence-corrected chi connectivity index (χ3v) is 5.36. The molecule has 1 fully saturated rings. The lowest BCUT2D eigenvalue weighted by Crippen LogP contribution is -2.40. The number of hydrogen-bond donors (Lipinski definition) is 1. The Balaban J connectivity index is 1.61. The van der Waals surface area contributed by atoms with Crippen LogP contribution >= 0.6 is 0 Å². The zero-order valence-electron chi connectivity index (χ0n) is 17.3. The molecule has 1 aliphatic heterocycles. The zero-order chi connectivity index (χ0) is 23.4.